The fraction of sp³-hybridized carbons (Fsp3) is 0.462. The van der Waals surface area contributed by atoms with E-state index in [9.17, 15) is 0 Å². The summed E-state index contributed by atoms with van der Waals surface area (Å²) in [6.07, 6.45) is 0. The number of nitrogens with one attached hydrogen (secondary N) is 2. The maximum atomic E-state index is 5.68. The van der Waals surface area contributed by atoms with E-state index < -0.39 is 0 Å². The summed E-state index contributed by atoms with van der Waals surface area (Å²) in [6, 6.07) is 10.1. The zero-order valence-corrected chi connectivity index (χ0v) is 11.4. The molecule has 3 nitrogen and oxygen atoms in total. The summed E-state index contributed by atoms with van der Waals surface area (Å²) in [5.74, 6) is 0. The summed E-state index contributed by atoms with van der Waals surface area (Å²) >= 11 is 5.07. The van der Waals surface area contributed by atoms with Crippen LogP contribution < -0.4 is 10.6 Å². The lowest BCUT2D eigenvalue weighted by Gasteiger charge is -2.27. The third-order valence-corrected chi connectivity index (χ3v) is 2.56. The number of rotatable bonds is 5. The van der Waals surface area contributed by atoms with Gasteiger partial charge < -0.3 is 15.4 Å². The lowest BCUT2D eigenvalue weighted by atomic mass is 10.1. The Bertz CT molecular complexity index is 352. The van der Waals surface area contributed by atoms with Gasteiger partial charge in [-0.05, 0) is 31.6 Å². The molecule has 0 saturated heterocycles. The molecule has 0 atom stereocenters. The molecule has 1 aromatic rings. The molecule has 1 aromatic carbocycles. The van der Waals surface area contributed by atoms with Crippen LogP contribution in [0.3, 0.4) is 0 Å². The Kier molecular flexibility index (Phi) is 5.38. The first-order valence-electron chi connectivity index (χ1n) is 5.65. The summed E-state index contributed by atoms with van der Waals surface area (Å²) in [7, 11) is 1.80. The molecule has 0 radical (unpaired) electrons. The van der Waals surface area contributed by atoms with Crippen molar-refractivity contribution in [3.8, 4) is 0 Å². The highest BCUT2D eigenvalue weighted by atomic mass is 32.1. The van der Waals surface area contributed by atoms with E-state index in [1.165, 1.54) is 5.56 Å². The molecule has 0 bridgehead atoms. The first-order chi connectivity index (χ1) is 8.03. The molecule has 17 heavy (non-hydrogen) atoms. The predicted octanol–water partition coefficient (Wildman–Crippen LogP) is 2.08. The van der Waals surface area contributed by atoms with Crippen molar-refractivity contribution in [1.82, 2.24) is 10.6 Å². The van der Waals surface area contributed by atoms with Gasteiger partial charge in [0, 0.05) is 7.05 Å². The monoisotopic (exact) mass is 252 g/mol. The molecule has 0 amide bonds. The Balaban J connectivity index is 2.32. The Morgan fingerprint density at radius 3 is 2.53 bits per heavy atom. The third-order valence-electron chi connectivity index (χ3n) is 2.25. The summed E-state index contributed by atoms with van der Waals surface area (Å²) in [4.78, 5) is 0. The fourth-order valence-electron chi connectivity index (χ4n) is 1.40. The van der Waals surface area contributed by atoms with Gasteiger partial charge in [0.25, 0.3) is 0 Å². The van der Waals surface area contributed by atoms with Crippen molar-refractivity contribution in [2.24, 2.45) is 0 Å². The molecule has 1 rings (SSSR count). The molecule has 0 unspecified atom stereocenters. The predicted molar refractivity (Wildman–Crippen MR) is 75.0 cm³/mol. The maximum Gasteiger partial charge on any atom is 0.166 e. The van der Waals surface area contributed by atoms with Crippen LogP contribution in [0, 0.1) is 0 Å². The van der Waals surface area contributed by atoms with E-state index >= 15 is 0 Å². The Hall–Kier alpha value is -1.13. The van der Waals surface area contributed by atoms with E-state index in [2.05, 4.69) is 36.6 Å². The summed E-state index contributed by atoms with van der Waals surface area (Å²) in [5, 5.41) is 6.72. The second kappa shape index (κ2) is 6.57. The van der Waals surface area contributed by atoms with Gasteiger partial charge in [-0.25, -0.2) is 0 Å². The van der Waals surface area contributed by atoms with E-state index in [0.29, 0.717) is 18.3 Å². The number of ether oxygens (including phenoxy) is 1. The van der Waals surface area contributed by atoms with Crippen LogP contribution in [0.1, 0.15) is 19.4 Å². The van der Waals surface area contributed by atoms with Crippen molar-refractivity contribution in [3.05, 3.63) is 35.9 Å². The molecule has 0 spiro atoms. The number of hydrogen-bond donors (Lipinski definition) is 2. The smallest absolute Gasteiger partial charge is 0.166 e. The van der Waals surface area contributed by atoms with Crippen molar-refractivity contribution in [1.29, 1.82) is 0 Å². The van der Waals surface area contributed by atoms with Crippen LogP contribution in [0.25, 0.3) is 0 Å². The highest BCUT2D eigenvalue weighted by Gasteiger charge is 2.18. The van der Waals surface area contributed by atoms with E-state index in [-0.39, 0.29) is 5.54 Å². The molecule has 0 aliphatic heterocycles. The van der Waals surface area contributed by atoms with Crippen LogP contribution in [-0.2, 0) is 11.3 Å². The van der Waals surface area contributed by atoms with Gasteiger partial charge in [-0.15, -0.1) is 0 Å². The first-order valence-corrected chi connectivity index (χ1v) is 6.06. The minimum Gasteiger partial charge on any atom is -0.374 e. The van der Waals surface area contributed by atoms with Gasteiger partial charge in [0.2, 0.25) is 0 Å². The summed E-state index contributed by atoms with van der Waals surface area (Å²) in [5.41, 5.74) is 1.01. The van der Waals surface area contributed by atoms with Gasteiger partial charge in [-0.1, -0.05) is 30.3 Å². The Labute approximate surface area is 109 Å². The van der Waals surface area contributed by atoms with Gasteiger partial charge in [-0.3, -0.25) is 0 Å². The lowest BCUT2D eigenvalue weighted by molar-refractivity contribution is 0.0782. The van der Waals surface area contributed by atoms with Gasteiger partial charge in [-0.2, -0.15) is 0 Å². The minimum atomic E-state index is -0.172. The average Bonchev–Trinajstić information content (AvgIpc) is 2.29. The van der Waals surface area contributed by atoms with Crippen LogP contribution in [0.2, 0.25) is 0 Å². The summed E-state index contributed by atoms with van der Waals surface area (Å²) < 4.78 is 5.68. The third kappa shape index (κ3) is 5.65. The van der Waals surface area contributed by atoms with Crippen LogP contribution in [0.15, 0.2) is 30.3 Å². The van der Waals surface area contributed by atoms with Gasteiger partial charge in [0.15, 0.2) is 5.11 Å². The van der Waals surface area contributed by atoms with Crippen LogP contribution in [0.4, 0.5) is 0 Å². The molecule has 2 N–H and O–H groups in total. The van der Waals surface area contributed by atoms with Gasteiger partial charge in [0.1, 0.15) is 0 Å². The Morgan fingerprint density at radius 1 is 1.29 bits per heavy atom. The average molecular weight is 252 g/mol. The highest BCUT2D eigenvalue weighted by molar-refractivity contribution is 7.80. The SMILES string of the molecule is CNC(=S)NC(C)(C)COCc1ccccc1. The standard InChI is InChI=1S/C13H20N2OS/c1-13(2,15-12(17)14-3)10-16-9-11-7-5-4-6-8-11/h4-8H,9-10H2,1-3H3,(H2,14,15,17). The highest BCUT2D eigenvalue weighted by Crippen LogP contribution is 2.06. The molecule has 0 fully saturated rings. The van der Waals surface area contributed by atoms with Crippen molar-refractivity contribution >= 4 is 17.3 Å². The van der Waals surface area contributed by atoms with E-state index in [0.717, 1.165) is 0 Å². The fourth-order valence-corrected chi connectivity index (χ4v) is 1.68. The molecular formula is C13H20N2OS. The number of hydrogen-bond acceptors (Lipinski definition) is 2. The first kappa shape index (κ1) is 13.9. The normalized spacial score (nSPS) is 11.0. The van der Waals surface area contributed by atoms with Crippen LogP contribution in [-0.4, -0.2) is 24.3 Å². The zero-order chi connectivity index (χ0) is 12.7. The molecular weight excluding hydrogens is 232 g/mol. The second-order valence-corrected chi connectivity index (χ2v) is 4.97. The van der Waals surface area contributed by atoms with Crippen molar-refractivity contribution in [2.45, 2.75) is 26.0 Å². The van der Waals surface area contributed by atoms with Gasteiger partial charge >= 0.3 is 0 Å². The number of benzene rings is 1. The lowest BCUT2D eigenvalue weighted by Crippen LogP contribution is -2.50. The zero-order valence-electron chi connectivity index (χ0n) is 10.6. The van der Waals surface area contributed by atoms with Crippen LogP contribution >= 0.6 is 12.2 Å². The number of thiocarbonyl (C=S) groups is 1. The Morgan fingerprint density at radius 2 is 1.94 bits per heavy atom. The maximum absolute atomic E-state index is 5.68. The van der Waals surface area contributed by atoms with E-state index in [4.69, 9.17) is 17.0 Å². The molecule has 94 valence electrons. The van der Waals surface area contributed by atoms with Gasteiger partial charge in [0.05, 0.1) is 18.8 Å². The molecule has 0 aliphatic carbocycles. The molecule has 0 heterocycles. The second-order valence-electron chi connectivity index (χ2n) is 4.57. The largest absolute Gasteiger partial charge is 0.374 e. The molecule has 4 heteroatoms. The van der Waals surface area contributed by atoms with Crippen LogP contribution in [0.5, 0.6) is 0 Å². The molecule has 0 aromatic heterocycles. The van der Waals surface area contributed by atoms with E-state index in [1.54, 1.807) is 7.05 Å². The van der Waals surface area contributed by atoms with Crippen molar-refractivity contribution < 1.29 is 4.74 Å². The van der Waals surface area contributed by atoms with E-state index in [1.807, 2.05) is 18.2 Å². The quantitative estimate of drug-likeness (QED) is 0.786. The molecule has 0 saturated carbocycles. The van der Waals surface area contributed by atoms with Crippen molar-refractivity contribution in [2.75, 3.05) is 13.7 Å². The summed E-state index contributed by atoms with van der Waals surface area (Å²) in [6.45, 7) is 5.34. The minimum absolute atomic E-state index is 0.172. The molecule has 0 aliphatic rings. The topological polar surface area (TPSA) is 33.3 Å². The van der Waals surface area contributed by atoms with Crippen molar-refractivity contribution in [3.63, 3.8) is 0 Å².